The summed E-state index contributed by atoms with van der Waals surface area (Å²) in [5, 5.41) is 9.89. The van der Waals surface area contributed by atoms with E-state index in [1.165, 1.54) is 9.80 Å². The van der Waals surface area contributed by atoms with Crippen LogP contribution in [0.4, 0.5) is 10.5 Å². The standard InChI is InChI=1S/C24H26N4O4/c1-16-11-17(9-10-22(16)32-3)13-27-15-25-19-14-28(21(23(29)30)12-20(19)27)24(31)26(2)18-7-5-4-6-8-18/h4-11,15,21H,12-14H2,1-3H3,(H,29,30)/t21-/m0/s1. The summed E-state index contributed by atoms with van der Waals surface area (Å²) in [6.45, 7) is 2.70. The molecule has 0 radical (unpaired) electrons. The molecule has 3 aromatic rings. The van der Waals surface area contributed by atoms with Crippen molar-refractivity contribution in [2.75, 3.05) is 19.1 Å². The fraction of sp³-hybridized carbons (Fsp3) is 0.292. The van der Waals surface area contributed by atoms with Gasteiger partial charge in [0.05, 0.1) is 25.7 Å². The minimum atomic E-state index is -1.03. The van der Waals surface area contributed by atoms with Gasteiger partial charge in [0.25, 0.3) is 0 Å². The number of carboxylic acids is 1. The van der Waals surface area contributed by atoms with E-state index in [4.69, 9.17) is 4.74 Å². The SMILES string of the molecule is COc1ccc(Cn2cnc3c2C[C@@H](C(=O)O)N(C(=O)N(C)c2ccccc2)C3)cc1C. The second-order valence-electron chi connectivity index (χ2n) is 7.93. The fourth-order valence-electron chi connectivity index (χ4n) is 4.13. The number of nitrogens with zero attached hydrogens (tertiary/aromatic N) is 4. The first-order valence-corrected chi connectivity index (χ1v) is 10.4. The number of para-hydroxylation sites is 1. The molecule has 8 heteroatoms. The fourth-order valence-corrected chi connectivity index (χ4v) is 4.13. The number of fused-ring (bicyclic) bond motifs is 1. The van der Waals surface area contributed by atoms with Gasteiger partial charge in [0.2, 0.25) is 0 Å². The van der Waals surface area contributed by atoms with Crippen molar-refractivity contribution in [3.05, 3.63) is 77.4 Å². The Labute approximate surface area is 186 Å². The number of aliphatic carboxylic acids is 1. The number of imidazole rings is 1. The highest BCUT2D eigenvalue weighted by molar-refractivity contribution is 5.94. The van der Waals surface area contributed by atoms with Crippen LogP contribution < -0.4 is 9.64 Å². The Kier molecular flexibility index (Phi) is 5.85. The number of hydrogen-bond acceptors (Lipinski definition) is 4. The molecule has 8 nitrogen and oxygen atoms in total. The van der Waals surface area contributed by atoms with Crippen molar-refractivity contribution < 1.29 is 19.4 Å². The van der Waals surface area contributed by atoms with Gasteiger partial charge in [0.1, 0.15) is 11.8 Å². The van der Waals surface area contributed by atoms with Gasteiger partial charge >= 0.3 is 12.0 Å². The first-order valence-electron chi connectivity index (χ1n) is 10.4. The lowest BCUT2D eigenvalue weighted by molar-refractivity contribution is -0.142. The van der Waals surface area contributed by atoms with Gasteiger partial charge in [0.15, 0.2) is 0 Å². The first-order chi connectivity index (χ1) is 15.4. The number of carbonyl (C=O) groups is 2. The van der Waals surface area contributed by atoms with Gasteiger partial charge in [-0.2, -0.15) is 0 Å². The third-order valence-electron chi connectivity index (χ3n) is 5.89. The number of benzene rings is 2. The van der Waals surface area contributed by atoms with Crippen molar-refractivity contribution in [3.8, 4) is 5.75 Å². The van der Waals surface area contributed by atoms with Crippen LogP contribution in [0.25, 0.3) is 0 Å². The largest absolute Gasteiger partial charge is 0.496 e. The summed E-state index contributed by atoms with van der Waals surface area (Å²) in [7, 11) is 3.29. The van der Waals surface area contributed by atoms with E-state index in [9.17, 15) is 14.7 Å². The van der Waals surface area contributed by atoms with Crippen molar-refractivity contribution in [2.24, 2.45) is 0 Å². The third-order valence-corrected chi connectivity index (χ3v) is 5.89. The molecule has 0 saturated heterocycles. The highest BCUT2D eigenvalue weighted by atomic mass is 16.5. The van der Waals surface area contributed by atoms with Crippen molar-refractivity contribution >= 4 is 17.7 Å². The molecule has 1 aromatic heterocycles. The Bertz CT molecular complexity index is 1140. The molecule has 2 amide bonds. The molecule has 1 N–H and O–H groups in total. The molecular formula is C24H26N4O4. The van der Waals surface area contributed by atoms with Crippen molar-refractivity contribution in [1.82, 2.24) is 14.5 Å². The van der Waals surface area contributed by atoms with Gasteiger partial charge in [-0.3, -0.25) is 4.90 Å². The van der Waals surface area contributed by atoms with Gasteiger partial charge in [0, 0.05) is 31.4 Å². The van der Waals surface area contributed by atoms with Crippen molar-refractivity contribution in [1.29, 1.82) is 0 Å². The normalized spacial score (nSPS) is 15.2. The Hall–Kier alpha value is -3.81. The Morgan fingerprint density at radius 1 is 1.22 bits per heavy atom. The number of hydrogen-bond donors (Lipinski definition) is 1. The third kappa shape index (κ3) is 4.03. The highest BCUT2D eigenvalue weighted by Crippen LogP contribution is 2.27. The number of aromatic nitrogens is 2. The Morgan fingerprint density at radius 2 is 1.97 bits per heavy atom. The summed E-state index contributed by atoms with van der Waals surface area (Å²) in [6.07, 6.45) is 1.92. The summed E-state index contributed by atoms with van der Waals surface area (Å²) in [4.78, 5) is 32.6. The summed E-state index contributed by atoms with van der Waals surface area (Å²) in [6, 6.07) is 13.8. The number of aryl methyl sites for hydroxylation is 1. The van der Waals surface area contributed by atoms with Crippen molar-refractivity contribution in [2.45, 2.75) is 32.5 Å². The molecule has 0 saturated carbocycles. The van der Waals surface area contributed by atoms with Gasteiger partial charge in [-0.25, -0.2) is 14.6 Å². The van der Waals surface area contributed by atoms with Crippen LogP contribution in [-0.4, -0.2) is 51.8 Å². The lowest BCUT2D eigenvalue weighted by atomic mass is 10.0. The molecule has 1 aliphatic rings. The van der Waals surface area contributed by atoms with Crippen LogP contribution in [0.15, 0.2) is 54.9 Å². The second kappa shape index (κ2) is 8.74. The number of anilines is 1. The molecule has 32 heavy (non-hydrogen) atoms. The van der Waals surface area contributed by atoms with Crippen LogP contribution >= 0.6 is 0 Å². The van der Waals surface area contributed by atoms with E-state index in [-0.39, 0.29) is 19.0 Å². The quantitative estimate of drug-likeness (QED) is 0.666. The zero-order valence-electron chi connectivity index (χ0n) is 18.4. The topological polar surface area (TPSA) is 87.9 Å². The number of urea groups is 1. The first kappa shape index (κ1) is 21.4. The molecule has 0 fully saturated rings. The predicted molar refractivity (Wildman–Crippen MR) is 120 cm³/mol. The number of ether oxygens (including phenoxy) is 1. The van der Waals surface area contributed by atoms with Gasteiger partial charge in [-0.05, 0) is 36.2 Å². The average Bonchev–Trinajstić information content (AvgIpc) is 3.19. The number of methoxy groups -OCH3 is 1. The molecule has 0 unspecified atom stereocenters. The molecule has 166 valence electrons. The number of carbonyl (C=O) groups excluding carboxylic acids is 1. The predicted octanol–water partition coefficient (Wildman–Crippen LogP) is 3.32. The average molecular weight is 434 g/mol. The zero-order valence-corrected chi connectivity index (χ0v) is 18.4. The van der Waals surface area contributed by atoms with Gasteiger partial charge < -0.3 is 19.3 Å². The van der Waals surface area contributed by atoms with Crippen LogP contribution in [-0.2, 0) is 24.3 Å². The van der Waals surface area contributed by atoms with E-state index in [0.29, 0.717) is 12.2 Å². The molecule has 0 aliphatic carbocycles. The number of amides is 2. The highest BCUT2D eigenvalue weighted by Gasteiger charge is 2.38. The van der Waals surface area contributed by atoms with Gasteiger partial charge in [-0.15, -0.1) is 0 Å². The smallest absolute Gasteiger partial charge is 0.326 e. The van der Waals surface area contributed by atoms with Crippen LogP contribution in [0.3, 0.4) is 0 Å². The molecule has 4 rings (SSSR count). The molecule has 0 spiro atoms. The van der Waals surface area contributed by atoms with E-state index >= 15 is 0 Å². The second-order valence-corrected chi connectivity index (χ2v) is 7.93. The number of carboxylic acid groups (broad SMARTS) is 1. The van der Waals surface area contributed by atoms with E-state index in [1.807, 2.05) is 60.0 Å². The summed E-state index contributed by atoms with van der Waals surface area (Å²) in [5.41, 5.74) is 4.37. The number of rotatable bonds is 5. The van der Waals surface area contributed by atoms with E-state index in [1.54, 1.807) is 20.5 Å². The molecule has 0 bridgehead atoms. The maximum Gasteiger partial charge on any atom is 0.326 e. The summed E-state index contributed by atoms with van der Waals surface area (Å²) >= 11 is 0. The van der Waals surface area contributed by atoms with E-state index in [0.717, 1.165) is 28.3 Å². The van der Waals surface area contributed by atoms with Crippen LogP contribution in [0, 0.1) is 6.92 Å². The minimum absolute atomic E-state index is 0.150. The summed E-state index contributed by atoms with van der Waals surface area (Å²) in [5.74, 6) is -0.206. The van der Waals surface area contributed by atoms with E-state index in [2.05, 4.69) is 4.98 Å². The molecule has 2 aromatic carbocycles. The lowest BCUT2D eigenvalue weighted by Gasteiger charge is -2.35. The molecule has 1 atom stereocenters. The molecule has 2 heterocycles. The zero-order chi connectivity index (χ0) is 22.8. The molecular weight excluding hydrogens is 408 g/mol. The Balaban J connectivity index is 1.59. The maximum absolute atomic E-state index is 13.2. The van der Waals surface area contributed by atoms with Gasteiger partial charge in [-0.1, -0.05) is 30.3 Å². The van der Waals surface area contributed by atoms with Crippen LogP contribution in [0.5, 0.6) is 5.75 Å². The van der Waals surface area contributed by atoms with E-state index < -0.39 is 12.0 Å². The maximum atomic E-state index is 13.2. The summed E-state index contributed by atoms with van der Waals surface area (Å²) < 4.78 is 7.29. The minimum Gasteiger partial charge on any atom is -0.496 e. The van der Waals surface area contributed by atoms with Crippen LogP contribution in [0.1, 0.15) is 22.5 Å². The van der Waals surface area contributed by atoms with Crippen LogP contribution in [0.2, 0.25) is 0 Å². The monoisotopic (exact) mass is 434 g/mol. The molecule has 1 aliphatic heterocycles. The lowest BCUT2D eigenvalue weighted by Crippen LogP contribution is -2.53. The Morgan fingerprint density at radius 3 is 2.62 bits per heavy atom. The van der Waals surface area contributed by atoms with Crippen molar-refractivity contribution in [3.63, 3.8) is 0 Å².